The highest BCUT2D eigenvalue weighted by Crippen LogP contribution is 2.11. The quantitative estimate of drug-likeness (QED) is 0.619. The Bertz CT molecular complexity index is 253. The lowest BCUT2D eigenvalue weighted by molar-refractivity contribution is -0.148. The van der Waals surface area contributed by atoms with E-state index in [0.29, 0.717) is 25.8 Å². The van der Waals surface area contributed by atoms with Gasteiger partial charge in [0.25, 0.3) is 0 Å². The van der Waals surface area contributed by atoms with E-state index >= 15 is 0 Å². The summed E-state index contributed by atoms with van der Waals surface area (Å²) >= 11 is 0. The van der Waals surface area contributed by atoms with Crippen LogP contribution < -0.4 is 5.32 Å². The highest BCUT2D eigenvalue weighted by atomic mass is 16.3. The number of imide groups is 1. The molecule has 0 aromatic carbocycles. The first kappa shape index (κ1) is 12.1. The molecule has 1 saturated heterocycles. The summed E-state index contributed by atoms with van der Waals surface area (Å²) < 4.78 is 0. The van der Waals surface area contributed by atoms with E-state index in [9.17, 15) is 9.59 Å². The molecule has 2 amide bonds. The minimum atomic E-state index is -0.365. The molecule has 1 aliphatic heterocycles. The Labute approximate surface area is 89.4 Å². The van der Waals surface area contributed by atoms with Crippen molar-refractivity contribution in [2.45, 2.75) is 38.3 Å². The van der Waals surface area contributed by atoms with Gasteiger partial charge in [-0.3, -0.25) is 14.5 Å². The van der Waals surface area contributed by atoms with E-state index in [4.69, 9.17) is 5.11 Å². The van der Waals surface area contributed by atoms with Gasteiger partial charge in [-0.25, -0.2) is 0 Å². The van der Waals surface area contributed by atoms with Crippen molar-refractivity contribution in [3.8, 4) is 0 Å². The molecule has 0 saturated carbocycles. The maximum absolute atomic E-state index is 11.6. The van der Waals surface area contributed by atoms with Gasteiger partial charge >= 0.3 is 0 Å². The molecule has 0 bridgehead atoms. The molecule has 0 radical (unpaired) electrons. The second-order valence-corrected chi connectivity index (χ2v) is 3.97. The molecule has 86 valence electrons. The predicted molar refractivity (Wildman–Crippen MR) is 55.1 cm³/mol. The van der Waals surface area contributed by atoms with Crippen LogP contribution in [0.25, 0.3) is 0 Å². The summed E-state index contributed by atoms with van der Waals surface area (Å²) in [6.45, 7) is 2.30. The Hall–Kier alpha value is -0.940. The lowest BCUT2D eigenvalue weighted by atomic mass is 10.0. The van der Waals surface area contributed by atoms with Crippen molar-refractivity contribution >= 4 is 11.8 Å². The predicted octanol–water partition coefficient (Wildman–Crippen LogP) is -0.506. The lowest BCUT2D eigenvalue weighted by Crippen LogP contribution is -2.51. The molecule has 5 heteroatoms. The number of piperidine rings is 1. The number of likely N-dealkylation sites (tertiary alicyclic amines) is 1. The third-order valence-corrected chi connectivity index (χ3v) is 2.60. The van der Waals surface area contributed by atoms with Crippen LogP contribution in [-0.4, -0.2) is 47.6 Å². The fourth-order valence-electron chi connectivity index (χ4n) is 1.57. The van der Waals surface area contributed by atoms with Gasteiger partial charge in [0.15, 0.2) is 0 Å². The first-order valence-electron chi connectivity index (χ1n) is 5.24. The summed E-state index contributed by atoms with van der Waals surface area (Å²) in [5, 5.41) is 12.1. The van der Waals surface area contributed by atoms with Crippen LogP contribution in [0.2, 0.25) is 0 Å². The molecule has 5 nitrogen and oxygen atoms in total. The minimum Gasteiger partial charge on any atom is -0.393 e. The van der Waals surface area contributed by atoms with Crippen molar-refractivity contribution in [1.82, 2.24) is 10.2 Å². The number of carbonyl (C=O) groups is 2. The van der Waals surface area contributed by atoms with Crippen molar-refractivity contribution in [1.29, 1.82) is 0 Å². The minimum absolute atomic E-state index is 0.117. The van der Waals surface area contributed by atoms with Crippen LogP contribution in [0.4, 0.5) is 0 Å². The second-order valence-electron chi connectivity index (χ2n) is 3.97. The third-order valence-electron chi connectivity index (χ3n) is 2.60. The summed E-state index contributed by atoms with van der Waals surface area (Å²) in [6, 6.07) is -0.272. The van der Waals surface area contributed by atoms with E-state index in [1.165, 1.54) is 11.9 Å². The average Bonchev–Trinajstić information content (AvgIpc) is 2.18. The van der Waals surface area contributed by atoms with Crippen molar-refractivity contribution in [3.05, 3.63) is 0 Å². The number of carbonyl (C=O) groups excluding carboxylic acids is 2. The Morgan fingerprint density at radius 2 is 2.27 bits per heavy atom. The standard InChI is InChI=1S/C10H18N2O3/c1-7(13)5-6-11-8-3-4-9(14)12(2)10(8)15/h7-8,11,13H,3-6H2,1-2H3. The smallest absolute Gasteiger partial charge is 0.246 e. The number of aliphatic hydroxyl groups excluding tert-OH is 1. The molecule has 0 aromatic rings. The number of aliphatic hydroxyl groups is 1. The summed E-state index contributed by atoms with van der Waals surface area (Å²) in [7, 11) is 1.51. The molecular weight excluding hydrogens is 196 g/mol. The van der Waals surface area contributed by atoms with Gasteiger partial charge in [0.05, 0.1) is 12.1 Å². The van der Waals surface area contributed by atoms with Gasteiger partial charge in [-0.15, -0.1) is 0 Å². The largest absolute Gasteiger partial charge is 0.393 e. The maximum Gasteiger partial charge on any atom is 0.246 e. The maximum atomic E-state index is 11.6. The average molecular weight is 214 g/mol. The molecule has 2 N–H and O–H groups in total. The molecule has 1 heterocycles. The van der Waals surface area contributed by atoms with Gasteiger partial charge in [-0.2, -0.15) is 0 Å². The van der Waals surface area contributed by atoms with Gasteiger partial charge in [0.1, 0.15) is 0 Å². The van der Waals surface area contributed by atoms with Gasteiger partial charge in [0, 0.05) is 13.5 Å². The SMILES string of the molecule is CC(O)CCNC1CCC(=O)N(C)C1=O. The van der Waals surface area contributed by atoms with Crippen molar-refractivity contribution in [2.24, 2.45) is 0 Å². The van der Waals surface area contributed by atoms with Crippen molar-refractivity contribution in [3.63, 3.8) is 0 Å². The zero-order valence-electron chi connectivity index (χ0n) is 9.19. The van der Waals surface area contributed by atoms with Crippen LogP contribution in [0.5, 0.6) is 0 Å². The highest BCUT2D eigenvalue weighted by Gasteiger charge is 2.30. The fraction of sp³-hybridized carbons (Fsp3) is 0.800. The third kappa shape index (κ3) is 3.28. The van der Waals surface area contributed by atoms with Gasteiger partial charge in [-0.1, -0.05) is 0 Å². The Morgan fingerprint density at radius 3 is 2.87 bits per heavy atom. The Morgan fingerprint density at radius 1 is 1.60 bits per heavy atom. The molecule has 0 aromatic heterocycles. The molecule has 0 spiro atoms. The van der Waals surface area contributed by atoms with Gasteiger partial charge in [0.2, 0.25) is 11.8 Å². The van der Waals surface area contributed by atoms with Gasteiger partial charge < -0.3 is 10.4 Å². The molecule has 1 rings (SSSR count). The number of nitrogens with one attached hydrogen (secondary N) is 1. The van der Waals surface area contributed by atoms with E-state index in [1.807, 2.05) is 0 Å². The first-order valence-corrected chi connectivity index (χ1v) is 5.24. The molecule has 15 heavy (non-hydrogen) atoms. The Balaban J connectivity index is 2.36. The van der Waals surface area contributed by atoms with Gasteiger partial charge in [-0.05, 0) is 26.3 Å². The summed E-state index contributed by atoms with van der Waals surface area (Å²) in [5.41, 5.74) is 0. The number of nitrogens with zero attached hydrogens (tertiary/aromatic N) is 1. The van der Waals surface area contributed by atoms with E-state index in [-0.39, 0.29) is 24.0 Å². The van der Waals surface area contributed by atoms with Crippen LogP contribution in [0.15, 0.2) is 0 Å². The topological polar surface area (TPSA) is 69.6 Å². The number of amides is 2. The molecule has 2 atom stereocenters. The van der Waals surface area contributed by atoms with E-state index in [0.717, 1.165) is 0 Å². The zero-order valence-corrected chi connectivity index (χ0v) is 9.19. The van der Waals surface area contributed by atoms with Crippen LogP contribution >= 0.6 is 0 Å². The summed E-state index contributed by atoms with van der Waals surface area (Å²) in [4.78, 5) is 23.9. The van der Waals surface area contributed by atoms with E-state index < -0.39 is 0 Å². The highest BCUT2D eigenvalue weighted by molar-refractivity contribution is 6.00. The first-order chi connectivity index (χ1) is 7.02. The zero-order chi connectivity index (χ0) is 11.4. The number of likely N-dealkylation sites (N-methyl/N-ethyl adjacent to an activating group) is 1. The molecule has 0 aliphatic carbocycles. The normalized spacial score (nSPS) is 24.5. The Kier molecular flexibility index (Phi) is 4.23. The fourth-order valence-corrected chi connectivity index (χ4v) is 1.57. The monoisotopic (exact) mass is 214 g/mol. The number of hydrogen-bond donors (Lipinski definition) is 2. The lowest BCUT2D eigenvalue weighted by Gasteiger charge is -2.28. The van der Waals surface area contributed by atoms with Crippen LogP contribution in [0.3, 0.4) is 0 Å². The van der Waals surface area contributed by atoms with Crippen LogP contribution in [0.1, 0.15) is 26.2 Å². The molecular formula is C10H18N2O3. The molecule has 1 fully saturated rings. The van der Waals surface area contributed by atoms with Crippen LogP contribution in [0, 0.1) is 0 Å². The molecule has 2 unspecified atom stereocenters. The van der Waals surface area contributed by atoms with E-state index in [1.54, 1.807) is 6.92 Å². The summed E-state index contributed by atoms with van der Waals surface area (Å²) in [6.07, 6.45) is 1.22. The summed E-state index contributed by atoms with van der Waals surface area (Å²) in [5.74, 6) is -0.287. The second kappa shape index (κ2) is 5.23. The van der Waals surface area contributed by atoms with E-state index in [2.05, 4.69) is 5.32 Å². The number of hydrogen-bond acceptors (Lipinski definition) is 4. The molecule has 1 aliphatic rings. The van der Waals surface area contributed by atoms with Crippen LogP contribution in [-0.2, 0) is 9.59 Å². The number of rotatable bonds is 4. The van der Waals surface area contributed by atoms with Crippen molar-refractivity contribution in [2.75, 3.05) is 13.6 Å². The van der Waals surface area contributed by atoms with Crippen molar-refractivity contribution < 1.29 is 14.7 Å².